The molecular formula is C25H17BrClF2NO4S. The number of carbonyl (C=O) groups excluding carboxylic acids is 2. The number of carbonyl (C=O) groups is 2. The Hall–Kier alpha value is -2.88. The second kappa shape index (κ2) is 10.8. The van der Waals surface area contributed by atoms with Crippen LogP contribution in [0.3, 0.4) is 0 Å². The molecule has 180 valence electrons. The lowest BCUT2D eigenvalue weighted by Crippen LogP contribution is -2.28. The van der Waals surface area contributed by atoms with Gasteiger partial charge in [0.1, 0.15) is 18.2 Å². The van der Waals surface area contributed by atoms with Crippen LogP contribution < -0.4 is 9.47 Å². The lowest BCUT2D eigenvalue weighted by molar-refractivity contribution is -0.123. The van der Waals surface area contributed by atoms with Crippen LogP contribution in [-0.4, -0.2) is 23.2 Å². The zero-order valence-electron chi connectivity index (χ0n) is 18.2. The Balaban J connectivity index is 1.54. The molecule has 4 rings (SSSR count). The summed E-state index contributed by atoms with van der Waals surface area (Å²) in [6.07, 6.45) is 1.55. The highest BCUT2D eigenvalue weighted by molar-refractivity contribution is 9.10. The van der Waals surface area contributed by atoms with Crippen LogP contribution in [0, 0.1) is 11.6 Å². The number of ether oxygens (including phenoxy) is 2. The molecule has 5 nitrogen and oxygen atoms in total. The van der Waals surface area contributed by atoms with Crippen molar-refractivity contribution in [2.75, 3.05) is 7.11 Å². The third-order valence-corrected chi connectivity index (χ3v) is 6.95. The molecule has 1 heterocycles. The Morgan fingerprint density at radius 2 is 1.86 bits per heavy atom. The van der Waals surface area contributed by atoms with Crippen molar-refractivity contribution in [2.45, 2.75) is 13.2 Å². The molecule has 1 fully saturated rings. The topological polar surface area (TPSA) is 55.8 Å². The maximum Gasteiger partial charge on any atom is 0.293 e. The van der Waals surface area contributed by atoms with Crippen LogP contribution in [0.5, 0.6) is 11.5 Å². The van der Waals surface area contributed by atoms with Gasteiger partial charge in [0, 0.05) is 10.6 Å². The lowest BCUT2D eigenvalue weighted by atomic mass is 10.1. The standard InChI is InChI=1S/C25H17BrClF2NO4S/c1-33-21-10-15(9-18(26)23(21)34-13-14-5-7-16(28)8-6-14)11-22-24(31)30(25(32)35-22)12-17-19(27)3-2-4-20(17)29/h2-11H,12-13H2,1H3. The fourth-order valence-electron chi connectivity index (χ4n) is 3.33. The molecule has 0 unspecified atom stereocenters. The van der Waals surface area contributed by atoms with Crippen molar-refractivity contribution >= 4 is 56.5 Å². The van der Waals surface area contributed by atoms with Crippen molar-refractivity contribution in [3.63, 3.8) is 0 Å². The summed E-state index contributed by atoms with van der Waals surface area (Å²) in [5.74, 6) is -0.656. The fourth-order valence-corrected chi connectivity index (χ4v) is 4.96. The Labute approximate surface area is 217 Å². The van der Waals surface area contributed by atoms with Crippen molar-refractivity contribution in [1.29, 1.82) is 0 Å². The first-order valence-electron chi connectivity index (χ1n) is 10.2. The van der Waals surface area contributed by atoms with E-state index in [1.165, 1.54) is 37.4 Å². The molecule has 1 saturated heterocycles. The molecule has 0 aromatic heterocycles. The van der Waals surface area contributed by atoms with Crippen LogP contribution in [-0.2, 0) is 17.9 Å². The van der Waals surface area contributed by atoms with E-state index in [9.17, 15) is 18.4 Å². The average molecular weight is 581 g/mol. The summed E-state index contributed by atoms with van der Waals surface area (Å²) >= 11 is 10.3. The van der Waals surface area contributed by atoms with Gasteiger partial charge in [0.25, 0.3) is 11.1 Å². The van der Waals surface area contributed by atoms with E-state index in [1.807, 2.05) is 0 Å². The first-order valence-corrected chi connectivity index (χ1v) is 12.2. The number of rotatable bonds is 7. The third-order valence-electron chi connectivity index (χ3n) is 5.10. The van der Waals surface area contributed by atoms with Crippen molar-refractivity contribution in [3.8, 4) is 11.5 Å². The smallest absolute Gasteiger partial charge is 0.293 e. The third kappa shape index (κ3) is 5.69. The van der Waals surface area contributed by atoms with E-state index in [4.69, 9.17) is 21.1 Å². The zero-order valence-corrected chi connectivity index (χ0v) is 21.3. The van der Waals surface area contributed by atoms with E-state index in [2.05, 4.69) is 15.9 Å². The highest BCUT2D eigenvalue weighted by Crippen LogP contribution is 2.40. The van der Waals surface area contributed by atoms with Gasteiger partial charge in [-0.05, 0) is 81.3 Å². The van der Waals surface area contributed by atoms with E-state index in [0.29, 0.717) is 21.5 Å². The van der Waals surface area contributed by atoms with Crippen molar-refractivity contribution in [1.82, 2.24) is 4.90 Å². The Bertz CT molecular complexity index is 1310. The van der Waals surface area contributed by atoms with Crippen molar-refractivity contribution < 1.29 is 27.8 Å². The lowest BCUT2D eigenvalue weighted by Gasteiger charge is -2.14. The fraction of sp³-hybridized carbons (Fsp3) is 0.120. The predicted molar refractivity (Wildman–Crippen MR) is 134 cm³/mol. The minimum Gasteiger partial charge on any atom is -0.493 e. The largest absolute Gasteiger partial charge is 0.493 e. The molecule has 0 saturated carbocycles. The van der Waals surface area contributed by atoms with Gasteiger partial charge in [0.15, 0.2) is 11.5 Å². The molecule has 10 heteroatoms. The molecule has 2 amide bonds. The molecule has 0 bridgehead atoms. The van der Waals surface area contributed by atoms with Gasteiger partial charge in [0.2, 0.25) is 0 Å². The second-order valence-corrected chi connectivity index (χ2v) is 9.67. The molecule has 0 radical (unpaired) electrons. The monoisotopic (exact) mass is 579 g/mol. The second-order valence-electron chi connectivity index (χ2n) is 7.42. The maximum atomic E-state index is 14.2. The van der Waals surface area contributed by atoms with E-state index < -0.39 is 17.0 Å². The number of hydrogen-bond donors (Lipinski definition) is 0. The number of halogens is 4. The molecule has 1 aliphatic heterocycles. The maximum absolute atomic E-state index is 14.2. The number of amides is 2. The summed E-state index contributed by atoms with van der Waals surface area (Å²) < 4.78 is 39.1. The van der Waals surface area contributed by atoms with E-state index in [0.717, 1.165) is 22.2 Å². The van der Waals surface area contributed by atoms with Gasteiger partial charge >= 0.3 is 0 Å². The molecule has 0 aliphatic carbocycles. The van der Waals surface area contributed by atoms with E-state index in [-0.39, 0.29) is 34.5 Å². The van der Waals surface area contributed by atoms with Gasteiger partial charge in [-0.15, -0.1) is 0 Å². The predicted octanol–water partition coefficient (Wildman–Crippen LogP) is 7.20. The Kier molecular flexibility index (Phi) is 7.78. The summed E-state index contributed by atoms with van der Waals surface area (Å²) in [6.45, 7) is -0.0806. The highest BCUT2D eigenvalue weighted by Gasteiger charge is 2.36. The number of benzene rings is 3. The summed E-state index contributed by atoms with van der Waals surface area (Å²) in [7, 11) is 1.47. The van der Waals surface area contributed by atoms with Gasteiger partial charge in [-0.1, -0.05) is 29.8 Å². The quantitative estimate of drug-likeness (QED) is 0.277. The number of thioether (sulfide) groups is 1. The first kappa shape index (κ1) is 25.2. The number of methoxy groups -OCH3 is 1. The van der Waals surface area contributed by atoms with Crippen LogP contribution in [0.25, 0.3) is 6.08 Å². The van der Waals surface area contributed by atoms with Gasteiger partial charge in [-0.2, -0.15) is 0 Å². The minimum atomic E-state index is -0.592. The Morgan fingerprint density at radius 3 is 2.54 bits per heavy atom. The summed E-state index contributed by atoms with van der Waals surface area (Å²) in [4.78, 5) is 26.5. The van der Waals surface area contributed by atoms with Gasteiger partial charge in [-0.25, -0.2) is 8.78 Å². The number of hydrogen-bond acceptors (Lipinski definition) is 5. The molecule has 3 aromatic rings. The number of nitrogens with zero attached hydrogens (tertiary/aromatic N) is 1. The number of imide groups is 1. The van der Waals surface area contributed by atoms with E-state index in [1.54, 1.807) is 30.3 Å². The van der Waals surface area contributed by atoms with Gasteiger partial charge < -0.3 is 9.47 Å². The van der Waals surface area contributed by atoms with Crippen LogP contribution in [0.15, 0.2) is 64.0 Å². The van der Waals surface area contributed by atoms with E-state index >= 15 is 0 Å². The van der Waals surface area contributed by atoms with Crippen LogP contribution >= 0.6 is 39.3 Å². The summed E-state index contributed by atoms with van der Waals surface area (Å²) in [5.41, 5.74) is 1.43. The molecule has 0 N–H and O–H groups in total. The van der Waals surface area contributed by atoms with Crippen molar-refractivity contribution in [3.05, 3.63) is 97.3 Å². The molecule has 0 spiro atoms. The highest BCUT2D eigenvalue weighted by atomic mass is 79.9. The molecule has 35 heavy (non-hydrogen) atoms. The molecule has 3 aromatic carbocycles. The summed E-state index contributed by atoms with van der Waals surface area (Å²) in [6, 6.07) is 13.5. The SMILES string of the molecule is COc1cc(C=C2SC(=O)N(Cc3c(F)cccc3Cl)C2=O)cc(Br)c1OCc1ccc(F)cc1. The zero-order chi connectivity index (χ0) is 25.1. The molecular weight excluding hydrogens is 564 g/mol. The molecule has 0 atom stereocenters. The van der Waals surface area contributed by atoms with Crippen LogP contribution in [0.1, 0.15) is 16.7 Å². The van der Waals surface area contributed by atoms with Gasteiger partial charge in [0.05, 0.1) is 23.0 Å². The Morgan fingerprint density at radius 1 is 1.11 bits per heavy atom. The van der Waals surface area contributed by atoms with Gasteiger partial charge in [-0.3, -0.25) is 14.5 Å². The van der Waals surface area contributed by atoms with Crippen LogP contribution in [0.2, 0.25) is 5.02 Å². The normalized spacial score (nSPS) is 14.7. The molecule has 1 aliphatic rings. The minimum absolute atomic E-state index is 0.0739. The summed E-state index contributed by atoms with van der Waals surface area (Å²) in [5, 5.41) is -0.385. The van der Waals surface area contributed by atoms with Crippen LogP contribution in [0.4, 0.5) is 13.6 Å². The first-order chi connectivity index (χ1) is 16.8. The van der Waals surface area contributed by atoms with Crippen molar-refractivity contribution in [2.24, 2.45) is 0 Å². The average Bonchev–Trinajstić information content (AvgIpc) is 3.08.